The van der Waals surface area contributed by atoms with Crippen molar-refractivity contribution in [1.82, 2.24) is 5.32 Å². The molecule has 0 radical (unpaired) electrons. The van der Waals surface area contributed by atoms with Gasteiger partial charge in [-0.15, -0.1) is 0 Å². The highest BCUT2D eigenvalue weighted by atomic mass is 35.5. The Kier molecular flexibility index (Phi) is 4.30. The number of rotatable bonds is 5. The number of halogens is 1. The molecule has 0 spiro atoms. The first-order valence-electron chi connectivity index (χ1n) is 6.34. The summed E-state index contributed by atoms with van der Waals surface area (Å²) in [5.74, 6) is 1.72. The molecule has 2 rings (SSSR count). The van der Waals surface area contributed by atoms with E-state index in [2.05, 4.69) is 19.2 Å². The fraction of sp³-hybridized carbons (Fsp3) is 0.571. The first-order valence-corrected chi connectivity index (χ1v) is 6.72. The third-order valence-corrected chi connectivity index (χ3v) is 3.56. The number of fused-ring (bicyclic) bond motifs is 1. The van der Waals surface area contributed by atoms with E-state index >= 15 is 0 Å². The van der Waals surface area contributed by atoms with Crippen LogP contribution >= 0.6 is 11.6 Å². The van der Waals surface area contributed by atoms with Crippen LogP contribution in [0.5, 0.6) is 5.75 Å². The highest BCUT2D eigenvalue weighted by Crippen LogP contribution is 2.30. The van der Waals surface area contributed by atoms with E-state index in [0.717, 1.165) is 36.2 Å². The maximum Gasteiger partial charge on any atom is 0.123 e. The molecule has 0 aromatic heterocycles. The Morgan fingerprint density at radius 2 is 2.35 bits per heavy atom. The van der Waals surface area contributed by atoms with Gasteiger partial charge in [-0.3, -0.25) is 0 Å². The smallest absolute Gasteiger partial charge is 0.123 e. The van der Waals surface area contributed by atoms with E-state index in [9.17, 15) is 0 Å². The summed E-state index contributed by atoms with van der Waals surface area (Å²) in [4.78, 5) is 0. The zero-order valence-corrected chi connectivity index (χ0v) is 11.3. The van der Waals surface area contributed by atoms with Gasteiger partial charge in [0.05, 0.1) is 0 Å². The molecule has 1 N–H and O–H groups in total. The van der Waals surface area contributed by atoms with Gasteiger partial charge in [-0.1, -0.05) is 31.9 Å². The summed E-state index contributed by atoms with van der Waals surface area (Å²) < 4.78 is 5.86. The zero-order valence-electron chi connectivity index (χ0n) is 10.5. The van der Waals surface area contributed by atoms with Crippen molar-refractivity contribution in [3.8, 4) is 5.75 Å². The van der Waals surface area contributed by atoms with Gasteiger partial charge in [0, 0.05) is 18.0 Å². The highest BCUT2D eigenvalue weighted by Gasteiger charge is 2.22. The fourth-order valence-corrected chi connectivity index (χ4v) is 2.23. The molecule has 0 saturated carbocycles. The zero-order chi connectivity index (χ0) is 12.3. The lowest BCUT2D eigenvalue weighted by Crippen LogP contribution is -2.32. The van der Waals surface area contributed by atoms with E-state index in [1.807, 2.05) is 18.2 Å². The second-order valence-electron chi connectivity index (χ2n) is 4.87. The average Bonchev–Trinajstić information content (AvgIpc) is 2.70. The lowest BCUT2D eigenvalue weighted by molar-refractivity contribution is 0.225. The maximum absolute atomic E-state index is 5.96. The Labute approximate surface area is 108 Å². The van der Waals surface area contributed by atoms with Crippen molar-refractivity contribution in [2.24, 2.45) is 5.92 Å². The van der Waals surface area contributed by atoms with Gasteiger partial charge >= 0.3 is 0 Å². The van der Waals surface area contributed by atoms with Crippen molar-refractivity contribution in [3.63, 3.8) is 0 Å². The SMILES string of the molecule is CCC(C)CNCC1Cc2cc(Cl)ccc2O1. The number of hydrogen-bond donors (Lipinski definition) is 1. The van der Waals surface area contributed by atoms with Crippen LogP contribution in [0.4, 0.5) is 0 Å². The number of ether oxygens (including phenoxy) is 1. The summed E-state index contributed by atoms with van der Waals surface area (Å²) in [7, 11) is 0. The van der Waals surface area contributed by atoms with Crippen molar-refractivity contribution in [3.05, 3.63) is 28.8 Å². The van der Waals surface area contributed by atoms with Gasteiger partial charge in [0.15, 0.2) is 0 Å². The predicted octanol–water partition coefficient (Wildman–Crippen LogP) is 3.28. The van der Waals surface area contributed by atoms with E-state index in [1.165, 1.54) is 12.0 Å². The van der Waals surface area contributed by atoms with Gasteiger partial charge in [0.2, 0.25) is 0 Å². The summed E-state index contributed by atoms with van der Waals surface area (Å²) in [6.45, 7) is 6.46. The Hall–Kier alpha value is -0.730. The summed E-state index contributed by atoms with van der Waals surface area (Å²) >= 11 is 5.96. The molecule has 2 atom stereocenters. The molecular weight excluding hydrogens is 234 g/mol. The van der Waals surface area contributed by atoms with Crippen LogP contribution in [0.2, 0.25) is 5.02 Å². The largest absolute Gasteiger partial charge is 0.488 e. The van der Waals surface area contributed by atoms with Crippen molar-refractivity contribution in [2.75, 3.05) is 13.1 Å². The third kappa shape index (κ3) is 3.36. The summed E-state index contributed by atoms with van der Waals surface area (Å²) in [6.07, 6.45) is 2.44. The van der Waals surface area contributed by atoms with E-state index < -0.39 is 0 Å². The maximum atomic E-state index is 5.96. The normalized spacial score (nSPS) is 19.8. The number of nitrogens with one attached hydrogen (secondary N) is 1. The molecule has 0 fully saturated rings. The van der Waals surface area contributed by atoms with Crippen LogP contribution in [-0.2, 0) is 6.42 Å². The van der Waals surface area contributed by atoms with Crippen LogP contribution in [0.15, 0.2) is 18.2 Å². The van der Waals surface area contributed by atoms with Crippen LogP contribution < -0.4 is 10.1 Å². The second-order valence-corrected chi connectivity index (χ2v) is 5.30. The van der Waals surface area contributed by atoms with Gasteiger partial charge in [0.25, 0.3) is 0 Å². The molecule has 1 aromatic carbocycles. The first kappa shape index (κ1) is 12.7. The van der Waals surface area contributed by atoms with E-state index in [4.69, 9.17) is 16.3 Å². The summed E-state index contributed by atoms with van der Waals surface area (Å²) in [5, 5.41) is 4.26. The van der Waals surface area contributed by atoms with Crippen LogP contribution in [0.25, 0.3) is 0 Å². The molecule has 2 nitrogen and oxygen atoms in total. The van der Waals surface area contributed by atoms with Gasteiger partial charge in [-0.05, 0) is 36.2 Å². The minimum Gasteiger partial charge on any atom is -0.488 e. The Bertz CT molecular complexity index is 380. The van der Waals surface area contributed by atoms with Crippen molar-refractivity contribution in [1.29, 1.82) is 0 Å². The van der Waals surface area contributed by atoms with E-state index in [1.54, 1.807) is 0 Å². The Morgan fingerprint density at radius 1 is 1.53 bits per heavy atom. The molecule has 94 valence electrons. The molecule has 0 bridgehead atoms. The average molecular weight is 254 g/mol. The number of benzene rings is 1. The quantitative estimate of drug-likeness (QED) is 0.870. The predicted molar refractivity (Wildman–Crippen MR) is 71.9 cm³/mol. The molecule has 1 aromatic rings. The lowest BCUT2D eigenvalue weighted by atomic mass is 10.1. The van der Waals surface area contributed by atoms with Crippen molar-refractivity contribution in [2.45, 2.75) is 32.8 Å². The molecule has 2 unspecified atom stereocenters. The van der Waals surface area contributed by atoms with Crippen molar-refractivity contribution >= 4 is 11.6 Å². The van der Waals surface area contributed by atoms with Gasteiger partial charge in [-0.25, -0.2) is 0 Å². The topological polar surface area (TPSA) is 21.3 Å². The molecule has 3 heteroatoms. The fourth-order valence-electron chi connectivity index (χ4n) is 2.04. The standard InChI is InChI=1S/C14H20ClNO/c1-3-10(2)8-16-9-13-7-11-6-12(15)4-5-14(11)17-13/h4-6,10,13,16H,3,7-9H2,1-2H3. The minimum atomic E-state index is 0.257. The van der Waals surface area contributed by atoms with Crippen LogP contribution in [0.3, 0.4) is 0 Å². The lowest BCUT2D eigenvalue weighted by Gasteiger charge is -2.14. The molecule has 17 heavy (non-hydrogen) atoms. The first-order chi connectivity index (χ1) is 8.19. The summed E-state index contributed by atoms with van der Waals surface area (Å²) in [5.41, 5.74) is 1.23. The van der Waals surface area contributed by atoms with Crippen LogP contribution in [-0.4, -0.2) is 19.2 Å². The molecular formula is C14H20ClNO. The van der Waals surface area contributed by atoms with Gasteiger partial charge in [-0.2, -0.15) is 0 Å². The van der Waals surface area contributed by atoms with Crippen LogP contribution in [0, 0.1) is 5.92 Å². The highest BCUT2D eigenvalue weighted by molar-refractivity contribution is 6.30. The molecule has 1 aliphatic heterocycles. The Balaban J connectivity index is 1.80. The molecule has 0 aliphatic carbocycles. The molecule has 1 aliphatic rings. The third-order valence-electron chi connectivity index (χ3n) is 3.33. The molecule has 1 heterocycles. The van der Waals surface area contributed by atoms with Gasteiger partial charge in [0.1, 0.15) is 11.9 Å². The summed E-state index contributed by atoms with van der Waals surface area (Å²) in [6, 6.07) is 5.85. The van der Waals surface area contributed by atoms with E-state index in [-0.39, 0.29) is 6.10 Å². The van der Waals surface area contributed by atoms with Crippen molar-refractivity contribution < 1.29 is 4.74 Å². The number of hydrogen-bond acceptors (Lipinski definition) is 2. The molecule has 0 saturated heterocycles. The van der Waals surface area contributed by atoms with Gasteiger partial charge < -0.3 is 10.1 Å². The van der Waals surface area contributed by atoms with Crippen LogP contribution in [0.1, 0.15) is 25.8 Å². The van der Waals surface area contributed by atoms with E-state index in [0.29, 0.717) is 0 Å². The second kappa shape index (κ2) is 5.74. The monoisotopic (exact) mass is 253 g/mol. The minimum absolute atomic E-state index is 0.257. The molecule has 0 amide bonds. The Morgan fingerprint density at radius 3 is 3.12 bits per heavy atom.